The fraction of sp³-hybridized carbons (Fsp3) is 0.0455. The van der Waals surface area contributed by atoms with Crippen LogP contribution in [0, 0.1) is 31.2 Å². The molecule has 27 heavy (non-hydrogen) atoms. The number of terminal acetylenes is 1. The summed E-state index contributed by atoms with van der Waals surface area (Å²) in [4.78, 5) is 4.16. The standard InChI is InChI=1S/C22H16N2O2S/c1-3-24(27(25,26)21-13-9-18(2)10-14-21)22-15-16-23-17-20(22)12-11-19-7-5-4-6-8-19/h1,4-10,13-17H,2H3. The minimum Gasteiger partial charge on any atom is -0.263 e. The van der Waals surface area contributed by atoms with Gasteiger partial charge in [0.15, 0.2) is 0 Å². The Morgan fingerprint density at radius 3 is 2.33 bits per heavy atom. The Bertz CT molecular complexity index is 1150. The molecule has 0 atom stereocenters. The van der Waals surface area contributed by atoms with E-state index in [4.69, 9.17) is 6.42 Å². The van der Waals surface area contributed by atoms with Crippen molar-refractivity contribution in [3.8, 4) is 24.3 Å². The predicted molar refractivity (Wildman–Crippen MR) is 106 cm³/mol. The molecule has 3 rings (SSSR count). The van der Waals surface area contributed by atoms with E-state index in [1.807, 2.05) is 37.3 Å². The van der Waals surface area contributed by atoms with Crippen molar-refractivity contribution in [1.82, 2.24) is 4.98 Å². The second kappa shape index (κ2) is 7.78. The molecule has 0 N–H and O–H groups in total. The zero-order valence-corrected chi connectivity index (χ0v) is 15.4. The lowest BCUT2D eigenvalue weighted by Crippen LogP contribution is -2.26. The summed E-state index contributed by atoms with van der Waals surface area (Å²) in [6, 6.07) is 19.7. The summed E-state index contributed by atoms with van der Waals surface area (Å²) in [6.07, 6.45) is 8.55. The Labute approximate surface area is 159 Å². The zero-order chi connectivity index (χ0) is 19.3. The Hall–Kier alpha value is -3.54. The van der Waals surface area contributed by atoms with Crippen molar-refractivity contribution in [3.05, 3.63) is 89.7 Å². The molecule has 0 amide bonds. The molecular formula is C22H16N2O2S. The van der Waals surface area contributed by atoms with E-state index < -0.39 is 10.0 Å². The number of pyridine rings is 1. The average molecular weight is 372 g/mol. The normalized spacial score (nSPS) is 10.4. The van der Waals surface area contributed by atoms with Crippen LogP contribution >= 0.6 is 0 Å². The number of nitrogens with zero attached hydrogens (tertiary/aromatic N) is 2. The molecule has 0 aliphatic rings. The highest BCUT2D eigenvalue weighted by atomic mass is 32.2. The fourth-order valence-electron chi connectivity index (χ4n) is 2.41. The van der Waals surface area contributed by atoms with Gasteiger partial charge in [-0.3, -0.25) is 4.98 Å². The van der Waals surface area contributed by atoms with Gasteiger partial charge in [0.1, 0.15) is 0 Å². The molecule has 4 nitrogen and oxygen atoms in total. The number of aryl methyl sites for hydroxylation is 1. The van der Waals surface area contributed by atoms with Crippen LogP contribution in [0.4, 0.5) is 5.69 Å². The second-order valence-corrected chi connectivity index (χ2v) is 7.51. The zero-order valence-electron chi connectivity index (χ0n) is 14.6. The number of rotatable bonds is 3. The first kappa shape index (κ1) is 18.3. The van der Waals surface area contributed by atoms with Gasteiger partial charge in [0.25, 0.3) is 10.0 Å². The van der Waals surface area contributed by atoms with Crippen LogP contribution in [0.2, 0.25) is 0 Å². The summed E-state index contributed by atoms with van der Waals surface area (Å²) in [6.45, 7) is 1.88. The number of hydrogen-bond acceptors (Lipinski definition) is 3. The second-order valence-electron chi connectivity index (χ2n) is 5.72. The summed E-state index contributed by atoms with van der Waals surface area (Å²) in [5.41, 5.74) is 2.48. The topological polar surface area (TPSA) is 50.3 Å². The minimum atomic E-state index is -3.92. The van der Waals surface area contributed by atoms with Crippen LogP contribution in [0.15, 0.2) is 78.0 Å². The molecule has 5 heteroatoms. The van der Waals surface area contributed by atoms with E-state index in [1.54, 1.807) is 18.2 Å². The van der Waals surface area contributed by atoms with E-state index in [2.05, 4.69) is 22.9 Å². The third-order valence-electron chi connectivity index (χ3n) is 3.81. The summed E-state index contributed by atoms with van der Waals surface area (Å²) in [5, 5.41) is 0. The highest BCUT2D eigenvalue weighted by Gasteiger charge is 2.25. The molecule has 0 unspecified atom stereocenters. The van der Waals surface area contributed by atoms with Crippen LogP contribution in [0.3, 0.4) is 0 Å². The lowest BCUT2D eigenvalue weighted by atomic mass is 10.2. The van der Waals surface area contributed by atoms with E-state index in [-0.39, 0.29) is 10.6 Å². The number of hydrogen-bond donors (Lipinski definition) is 0. The number of anilines is 1. The summed E-state index contributed by atoms with van der Waals surface area (Å²) >= 11 is 0. The highest BCUT2D eigenvalue weighted by molar-refractivity contribution is 7.93. The molecule has 0 aliphatic carbocycles. The first-order valence-electron chi connectivity index (χ1n) is 8.12. The molecule has 132 valence electrons. The van der Waals surface area contributed by atoms with Gasteiger partial charge in [0, 0.05) is 24.0 Å². The third-order valence-corrected chi connectivity index (χ3v) is 5.46. The Kier molecular flexibility index (Phi) is 5.26. The molecule has 2 aromatic carbocycles. The first-order valence-corrected chi connectivity index (χ1v) is 9.56. The van der Waals surface area contributed by atoms with Crippen LogP contribution in [0.25, 0.3) is 0 Å². The van der Waals surface area contributed by atoms with Crippen molar-refractivity contribution in [1.29, 1.82) is 0 Å². The summed E-state index contributed by atoms with van der Waals surface area (Å²) in [7, 11) is -3.92. The van der Waals surface area contributed by atoms with Gasteiger partial charge in [0.2, 0.25) is 0 Å². The molecule has 0 saturated carbocycles. The summed E-state index contributed by atoms with van der Waals surface area (Å²) < 4.78 is 26.9. The van der Waals surface area contributed by atoms with Crippen molar-refractivity contribution in [2.45, 2.75) is 11.8 Å². The maximum absolute atomic E-state index is 13.0. The molecule has 0 bridgehead atoms. The Morgan fingerprint density at radius 1 is 0.963 bits per heavy atom. The Morgan fingerprint density at radius 2 is 1.67 bits per heavy atom. The van der Waals surface area contributed by atoms with Gasteiger partial charge in [-0.15, -0.1) is 0 Å². The van der Waals surface area contributed by atoms with Crippen molar-refractivity contribution >= 4 is 15.7 Å². The largest absolute Gasteiger partial charge is 0.275 e. The molecule has 1 aromatic heterocycles. The lowest BCUT2D eigenvalue weighted by Gasteiger charge is -2.19. The SMILES string of the molecule is C#CN(c1ccncc1C#Cc1ccccc1)S(=O)(=O)c1ccc(C)cc1. The van der Waals surface area contributed by atoms with E-state index in [9.17, 15) is 8.42 Å². The quantitative estimate of drug-likeness (QED) is 0.522. The van der Waals surface area contributed by atoms with Crippen molar-refractivity contribution in [2.75, 3.05) is 4.31 Å². The fourth-order valence-corrected chi connectivity index (χ4v) is 3.65. The molecular weight excluding hydrogens is 356 g/mol. The van der Waals surface area contributed by atoms with Gasteiger partial charge in [-0.05, 0) is 37.3 Å². The van der Waals surface area contributed by atoms with Crippen LogP contribution in [-0.4, -0.2) is 13.4 Å². The molecule has 0 radical (unpaired) electrons. The van der Waals surface area contributed by atoms with E-state index >= 15 is 0 Å². The van der Waals surface area contributed by atoms with E-state index in [0.29, 0.717) is 5.56 Å². The maximum atomic E-state index is 13.0. The van der Waals surface area contributed by atoms with Gasteiger partial charge >= 0.3 is 0 Å². The van der Waals surface area contributed by atoms with Crippen molar-refractivity contribution in [2.24, 2.45) is 0 Å². The van der Waals surface area contributed by atoms with Crippen molar-refractivity contribution < 1.29 is 8.42 Å². The number of sulfonamides is 1. The number of aromatic nitrogens is 1. The van der Waals surface area contributed by atoms with E-state index in [1.165, 1.54) is 24.5 Å². The number of benzene rings is 2. The first-order chi connectivity index (χ1) is 13.0. The highest BCUT2D eigenvalue weighted by Crippen LogP contribution is 2.25. The van der Waals surface area contributed by atoms with Gasteiger partial charge < -0.3 is 0 Å². The van der Waals surface area contributed by atoms with Gasteiger partial charge in [-0.25, -0.2) is 8.42 Å². The average Bonchev–Trinajstić information content (AvgIpc) is 2.69. The minimum absolute atomic E-state index is 0.116. The molecule has 0 spiro atoms. The molecule has 0 fully saturated rings. The maximum Gasteiger partial charge on any atom is 0.275 e. The monoisotopic (exact) mass is 372 g/mol. The van der Waals surface area contributed by atoms with E-state index in [0.717, 1.165) is 15.4 Å². The predicted octanol–water partition coefficient (Wildman–Crippen LogP) is 3.58. The van der Waals surface area contributed by atoms with Gasteiger partial charge in [-0.1, -0.05) is 54.2 Å². The van der Waals surface area contributed by atoms with Gasteiger partial charge in [-0.2, -0.15) is 4.31 Å². The summed E-state index contributed by atoms with van der Waals surface area (Å²) in [5.74, 6) is 5.96. The molecule has 0 saturated heterocycles. The lowest BCUT2D eigenvalue weighted by molar-refractivity contribution is 0.596. The third kappa shape index (κ3) is 4.00. The Balaban J connectivity index is 2.06. The van der Waals surface area contributed by atoms with Crippen LogP contribution in [-0.2, 0) is 10.0 Å². The van der Waals surface area contributed by atoms with Crippen LogP contribution in [0.1, 0.15) is 16.7 Å². The van der Waals surface area contributed by atoms with Crippen LogP contribution in [0.5, 0.6) is 0 Å². The molecule has 3 aromatic rings. The van der Waals surface area contributed by atoms with Gasteiger partial charge in [0.05, 0.1) is 16.1 Å². The van der Waals surface area contributed by atoms with Crippen molar-refractivity contribution in [3.63, 3.8) is 0 Å². The smallest absolute Gasteiger partial charge is 0.263 e. The van der Waals surface area contributed by atoms with Crippen LogP contribution < -0.4 is 4.31 Å². The molecule has 0 aliphatic heterocycles. The molecule has 1 heterocycles.